The fourth-order valence-corrected chi connectivity index (χ4v) is 3.45. The molecule has 4 rings (SSSR count). The van der Waals surface area contributed by atoms with Crippen LogP contribution >= 0.6 is 0 Å². The Kier molecular flexibility index (Phi) is 2.65. The van der Waals surface area contributed by atoms with Crippen LogP contribution in [-0.4, -0.2) is 4.57 Å². The third kappa shape index (κ3) is 1.78. The monoisotopic (exact) mass is 287 g/mol. The van der Waals surface area contributed by atoms with Gasteiger partial charge < -0.3 is 4.57 Å². The molecule has 0 N–H and O–H groups in total. The molecule has 0 aliphatic heterocycles. The van der Waals surface area contributed by atoms with Crippen LogP contribution in [-0.2, 0) is 12.5 Å². The minimum atomic E-state index is 0.168. The molecule has 0 aliphatic carbocycles. The lowest BCUT2D eigenvalue weighted by Gasteiger charge is -2.19. The van der Waals surface area contributed by atoms with Crippen LogP contribution in [0.2, 0.25) is 0 Å². The molecule has 0 fully saturated rings. The molecule has 0 bridgehead atoms. The van der Waals surface area contributed by atoms with Crippen molar-refractivity contribution in [3.05, 3.63) is 60.2 Å². The van der Waals surface area contributed by atoms with Gasteiger partial charge in [0.2, 0.25) is 0 Å². The zero-order valence-electron chi connectivity index (χ0n) is 13.6. The number of hydrogen-bond acceptors (Lipinski definition) is 0. The highest BCUT2D eigenvalue weighted by Gasteiger charge is 2.17. The van der Waals surface area contributed by atoms with Gasteiger partial charge in [-0.25, -0.2) is 0 Å². The summed E-state index contributed by atoms with van der Waals surface area (Å²) in [6, 6.07) is 20.1. The summed E-state index contributed by atoms with van der Waals surface area (Å²) in [5.74, 6) is 0. The van der Waals surface area contributed by atoms with Crippen molar-refractivity contribution in [3.63, 3.8) is 0 Å². The summed E-state index contributed by atoms with van der Waals surface area (Å²) < 4.78 is 2.31. The Labute approximate surface area is 131 Å². The van der Waals surface area contributed by atoms with Crippen LogP contribution in [0.1, 0.15) is 26.3 Å². The van der Waals surface area contributed by atoms with Gasteiger partial charge in [0.25, 0.3) is 0 Å². The molecular weight excluding hydrogens is 266 g/mol. The highest BCUT2D eigenvalue weighted by Crippen LogP contribution is 2.36. The van der Waals surface area contributed by atoms with Crippen molar-refractivity contribution in [1.29, 1.82) is 0 Å². The summed E-state index contributed by atoms with van der Waals surface area (Å²) in [5.41, 5.74) is 4.17. The number of aryl methyl sites for hydroxylation is 1. The molecule has 0 atom stereocenters. The first-order valence-corrected chi connectivity index (χ1v) is 7.87. The van der Waals surface area contributed by atoms with Gasteiger partial charge in [-0.15, -0.1) is 0 Å². The molecule has 0 aliphatic rings. The highest BCUT2D eigenvalue weighted by atomic mass is 14.9. The molecule has 0 amide bonds. The van der Waals surface area contributed by atoms with E-state index in [0.29, 0.717) is 0 Å². The largest absolute Gasteiger partial charge is 0.344 e. The topological polar surface area (TPSA) is 4.93 Å². The summed E-state index contributed by atoms with van der Waals surface area (Å²) >= 11 is 0. The summed E-state index contributed by atoms with van der Waals surface area (Å²) in [7, 11) is 2.16. The quantitative estimate of drug-likeness (QED) is 0.386. The first kappa shape index (κ1) is 13.4. The SMILES string of the molecule is Cn1c2ccc(C(C)(C)C)cc2c2c3ccccc3ccc21. The predicted molar refractivity (Wildman–Crippen MR) is 96.6 cm³/mol. The molecule has 1 aromatic heterocycles. The Hall–Kier alpha value is -2.28. The van der Waals surface area contributed by atoms with Gasteiger partial charge in [-0.3, -0.25) is 0 Å². The van der Waals surface area contributed by atoms with Gasteiger partial charge in [0.15, 0.2) is 0 Å². The van der Waals surface area contributed by atoms with Crippen molar-refractivity contribution < 1.29 is 0 Å². The Bertz CT molecular complexity index is 1010. The minimum absolute atomic E-state index is 0.168. The van der Waals surface area contributed by atoms with Crippen LogP contribution in [0.4, 0.5) is 0 Å². The lowest BCUT2D eigenvalue weighted by Crippen LogP contribution is -2.10. The average molecular weight is 287 g/mol. The number of aromatic nitrogens is 1. The van der Waals surface area contributed by atoms with Crippen molar-refractivity contribution in [2.75, 3.05) is 0 Å². The normalized spacial score (nSPS) is 12.5. The van der Waals surface area contributed by atoms with E-state index in [9.17, 15) is 0 Å². The molecule has 0 spiro atoms. The van der Waals surface area contributed by atoms with Crippen LogP contribution in [0.5, 0.6) is 0 Å². The fourth-order valence-electron chi connectivity index (χ4n) is 3.45. The smallest absolute Gasteiger partial charge is 0.0495 e. The lowest BCUT2D eigenvalue weighted by molar-refractivity contribution is 0.591. The summed E-state index contributed by atoms with van der Waals surface area (Å²) in [6.45, 7) is 6.83. The van der Waals surface area contributed by atoms with Crippen molar-refractivity contribution in [2.45, 2.75) is 26.2 Å². The first-order chi connectivity index (χ1) is 10.5. The van der Waals surface area contributed by atoms with Crippen LogP contribution in [0.3, 0.4) is 0 Å². The van der Waals surface area contributed by atoms with E-state index >= 15 is 0 Å². The van der Waals surface area contributed by atoms with E-state index in [2.05, 4.69) is 87.0 Å². The van der Waals surface area contributed by atoms with Gasteiger partial charge in [-0.1, -0.05) is 57.2 Å². The minimum Gasteiger partial charge on any atom is -0.344 e. The van der Waals surface area contributed by atoms with E-state index in [0.717, 1.165) is 0 Å². The molecule has 0 radical (unpaired) electrons. The van der Waals surface area contributed by atoms with E-state index in [-0.39, 0.29) is 5.41 Å². The summed E-state index contributed by atoms with van der Waals surface area (Å²) in [6.07, 6.45) is 0. The van der Waals surface area contributed by atoms with E-state index in [4.69, 9.17) is 0 Å². The van der Waals surface area contributed by atoms with Crippen molar-refractivity contribution >= 4 is 32.6 Å². The molecule has 0 saturated carbocycles. The van der Waals surface area contributed by atoms with Crippen molar-refractivity contribution in [1.82, 2.24) is 4.57 Å². The summed E-state index contributed by atoms with van der Waals surface area (Å²) in [5, 5.41) is 5.39. The van der Waals surface area contributed by atoms with Gasteiger partial charge in [-0.2, -0.15) is 0 Å². The maximum atomic E-state index is 2.38. The molecule has 1 heteroatoms. The maximum Gasteiger partial charge on any atom is 0.0495 e. The summed E-state index contributed by atoms with van der Waals surface area (Å²) in [4.78, 5) is 0. The molecule has 4 aromatic rings. The molecule has 3 aromatic carbocycles. The molecule has 0 saturated heterocycles. The predicted octanol–water partition coefficient (Wildman–Crippen LogP) is 5.78. The molecule has 1 nitrogen and oxygen atoms in total. The van der Waals surface area contributed by atoms with Crippen molar-refractivity contribution in [2.24, 2.45) is 7.05 Å². The third-order valence-electron chi connectivity index (χ3n) is 4.76. The Morgan fingerprint density at radius 1 is 0.773 bits per heavy atom. The van der Waals surface area contributed by atoms with Gasteiger partial charge in [0.1, 0.15) is 0 Å². The first-order valence-electron chi connectivity index (χ1n) is 7.87. The Morgan fingerprint density at radius 3 is 2.27 bits per heavy atom. The second-order valence-corrected chi connectivity index (χ2v) is 7.22. The second kappa shape index (κ2) is 4.36. The average Bonchev–Trinajstić information content (AvgIpc) is 2.79. The second-order valence-electron chi connectivity index (χ2n) is 7.22. The van der Waals surface area contributed by atoms with Gasteiger partial charge >= 0.3 is 0 Å². The third-order valence-corrected chi connectivity index (χ3v) is 4.76. The highest BCUT2D eigenvalue weighted by molar-refractivity contribution is 6.20. The van der Waals surface area contributed by atoms with E-state index < -0.39 is 0 Å². The zero-order chi connectivity index (χ0) is 15.5. The molecule has 110 valence electrons. The van der Waals surface area contributed by atoms with Gasteiger partial charge in [0.05, 0.1) is 0 Å². The number of hydrogen-bond donors (Lipinski definition) is 0. The number of benzene rings is 3. The Morgan fingerprint density at radius 2 is 1.50 bits per heavy atom. The zero-order valence-corrected chi connectivity index (χ0v) is 13.6. The van der Waals surface area contributed by atoms with E-state index in [1.807, 2.05) is 0 Å². The number of nitrogens with zero attached hydrogens (tertiary/aromatic N) is 1. The Balaban J connectivity index is 2.24. The van der Waals surface area contributed by atoms with Crippen LogP contribution in [0, 0.1) is 0 Å². The van der Waals surface area contributed by atoms with Crippen molar-refractivity contribution in [3.8, 4) is 0 Å². The molecular formula is C21H21N. The molecule has 22 heavy (non-hydrogen) atoms. The van der Waals surface area contributed by atoms with Gasteiger partial charge in [0, 0.05) is 28.9 Å². The van der Waals surface area contributed by atoms with Gasteiger partial charge in [-0.05, 0) is 39.9 Å². The number of fused-ring (bicyclic) bond motifs is 5. The fraction of sp³-hybridized carbons (Fsp3) is 0.238. The standard InChI is InChI=1S/C21H21N/c1-21(2,3)15-10-12-18-17(13-15)20-16-8-6-5-7-14(16)9-11-19(20)22(18)4/h5-13H,1-4H3. The van der Waals surface area contributed by atoms with Crippen LogP contribution < -0.4 is 0 Å². The maximum absolute atomic E-state index is 2.38. The number of rotatable bonds is 0. The van der Waals surface area contributed by atoms with E-state index in [1.54, 1.807) is 0 Å². The lowest BCUT2D eigenvalue weighted by atomic mass is 9.86. The molecule has 0 unspecified atom stereocenters. The molecule has 1 heterocycles. The van der Waals surface area contributed by atoms with Crippen LogP contribution in [0.15, 0.2) is 54.6 Å². The van der Waals surface area contributed by atoms with E-state index in [1.165, 1.54) is 38.1 Å². The van der Waals surface area contributed by atoms with Crippen LogP contribution in [0.25, 0.3) is 32.6 Å².